The molecule has 2 N–H and O–H groups in total. The number of carbonyl (C=O) groups is 2. The molecule has 226 valence electrons. The molecule has 0 spiro atoms. The topological polar surface area (TPSA) is 137 Å². The lowest BCUT2D eigenvalue weighted by molar-refractivity contribution is -0.134. The van der Waals surface area contributed by atoms with Gasteiger partial charge in [-0.25, -0.2) is 31.7 Å². The van der Waals surface area contributed by atoms with Gasteiger partial charge in [0.25, 0.3) is 11.8 Å². The first-order valence-corrected chi connectivity index (χ1v) is 14.1. The number of nitrogens with zero attached hydrogens (tertiary/aromatic N) is 5. The summed E-state index contributed by atoms with van der Waals surface area (Å²) in [5.74, 6) is -6.92. The Morgan fingerprint density at radius 1 is 1.05 bits per heavy atom. The Kier molecular flexibility index (Phi) is 7.29. The van der Waals surface area contributed by atoms with Gasteiger partial charge in [-0.05, 0) is 65.4 Å². The van der Waals surface area contributed by atoms with E-state index in [1.165, 1.54) is 11.6 Å². The second kappa shape index (κ2) is 10.8. The van der Waals surface area contributed by atoms with E-state index in [-0.39, 0.29) is 86.2 Å². The molecule has 0 radical (unpaired) electrons. The average Bonchev–Trinajstić information content (AvgIpc) is 3.49. The zero-order valence-corrected chi connectivity index (χ0v) is 22.9. The predicted octanol–water partition coefficient (Wildman–Crippen LogP) is 4.42. The highest BCUT2D eigenvalue weighted by Crippen LogP contribution is 2.45. The van der Waals surface area contributed by atoms with E-state index in [9.17, 15) is 27.2 Å². The number of imidazole rings is 1. The molecule has 2 amide bonds. The lowest BCUT2D eigenvalue weighted by Gasteiger charge is -2.34. The zero-order chi connectivity index (χ0) is 29.6. The van der Waals surface area contributed by atoms with Crippen LogP contribution in [-0.2, 0) is 4.79 Å². The molecule has 42 heavy (non-hydrogen) atoms. The molecule has 6 rings (SSSR count). The Morgan fingerprint density at radius 2 is 1.76 bits per heavy atom. The van der Waals surface area contributed by atoms with Gasteiger partial charge in [-0.3, -0.25) is 9.59 Å². The summed E-state index contributed by atoms with van der Waals surface area (Å²) in [4.78, 5) is 30.5. The maximum absolute atomic E-state index is 14.0. The number of fused-ring (bicyclic) bond motifs is 1. The molecule has 11 nitrogen and oxygen atoms in total. The van der Waals surface area contributed by atoms with E-state index in [4.69, 9.17) is 9.72 Å². The Balaban J connectivity index is 1.23. The van der Waals surface area contributed by atoms with Crippen molar-refractivity contribution in [2.75, 3.05) is 7.11 Å². The molecule has 0 saturated heterocycles. The summed E-state index contributed by atoms with van der Waals surface area (Å²) in [5.41, 5.74) is 1.42. The first kappa shape index (κ1) is 28.3. The minimum Gasteiger partial charge on any atom is -0.477 e. The van der Waals surface area contributed by atoms with Crippen molar-refractivity contribution in [3.05, 3.63) is 35.4 Å². The van der Waals surface area contributed by atoms with Gasteiger partial charge >= 0.3 is 0 Å². The van der Waals surface area contributed by atoms with Gasteiger partial charge in [-0.1, -0.05) is 0 Å². The van der Waals surface area contributed by atoms with Crippen LogP contribution in [0.3, 0.4) is 0 Å². The molecule has 3 fully saturated rings. The van der Waals surface area contributed by atoms with Gasteiger partial charge in [0.05, 0.1) is 37.3 Å². The van der Waals surface area contributed by atoms with Crippen LogP contribution in [0, 0.1) is 17.8 Å². The summed E-state index contributed by atoms with van der Waals surface area (Å²) in [6.45, 7) is 0. The SMILES string of the molecule is COc1nonc1C(=O)N[C@H](c1cn2ncc([C@H](NC(=O)CC3CC(F)(F)C3)C3CC3)cc2n1)C1CCC(F)(F)CC1. The predicted molar refractivity (Wildman–Crippen MR) is 137 cm³/mol. The Labute approximate surface area is 237 Å². The van der Waals surface area contributed by atoms with E-state index < -0.39 is 23.8 Å². The first-order valence-electron chi connectivity index (χ1n) is 14.1. The van der Waals surface area contributed by atoms with Gasteiger partial charge in [0.2, 0.25) is 23.4 Å². The quantitative estimate of drug-likeness (QED) is 0.330. The fourth-order valence-corrected chi connectivity index (χ4v) is 6.05. The van der Waals surface area contributed by atoms with Crippen molar-refractivity contribution in [2.24, 2.45) is 17.8 Å². The van der Waals surface area contributed by atoms with Crippen LogP contribution in [0.1, 0.15) is 91.6 Å². The third-order valence-electron chi connectivity index (χ3n) is 8.48. The van der Waals surface area contributed by atoms with Crippen LogP contribution in [0.5, 0.6) is 5.88 Å². The molecule has 3 heterocycles. The minimum atomic E-state index is -2.76. The first-order chi connectivity index (χ1) is 20.0. The molecular weight excluding hydrogens is 562 g/mol. The number of hydrogen-bond acceptors (Lipinski definition) is 8. The number of nitrogens with one attached hydrogen (secondary N) is 2. The van der Waals surface area contributed by atoms with Gasteiger partial charge in [0, 0.05) is 32.1 Å². The molecule has 0 aromatic carbocycles. The highest BCUT2D eigenvalue weighted by atomic mass is 19.3. The van der Waals surface area contributed by atoms with Crippen molar-refractivity contribution in [2.45, 2.75) is 81.7 Å². The maximum atomic E-state index is 14.0. The van der Waals surface area contributed by atoms with Crippen molar-refractivity contribution in [1.82, 2.24) is 35.5 Å². The van der Waals surface area contributed by atoms with Gasteiger partial charge in [0.1, 0.15) is 0 Å². The molecular formula is C27H31F4N7O4. The lowest BCUT2D eigenvalue weighted by atomic mass is 9.79. The van der Waals surface area contributed by atoms with Crippen molar-refractivity contribution in [3.63, 3.8) is 0 Å². The van der Waals surface area contributed by atoms with Gasteiger partial charge in [0.15, 0.2) is 5.65 Å². The average molecular weight is 594 g/mol. The summed E-state index contributed by atoms with van der Waals surface area (Å²) in [7, 11) is 1.31. The van der Waals surface area contributed by atoms with Crippen molar-refractivity contribution >= 4 is 17.5 Å². The van der Waals surface area contributed by atoms with Crippen LogP contribution in [0.15, 0.2) is 23.1 Å². The van der Waals surface area contributed by atoms with E-state index in [1.807, 2.05) is 0 Å². The van der Waals surface area contributed by atoms with Crippen molar-refractivity contribution in [1.29, 1.82) is 0 Å². The van der Waals surface area contributed by atoms with Crippen molar-refractivity contribution in [3.8, 4) is 5.88 Å². The van der Waals surface area contributed by atoms with Gasteiger partial charge in [-0.15, -0.1) is 0 Å². The molecule has 0 bridgehead atoms. The largest absolute Gasteiger partial charge is 0.477 e. The molecule has 0 aliphatic heterocycles. The Morgan fingerprint density at radius 3 is 2.43 bits per heavy atom. The summed E-state index contributed by atoms with van der Waals surface area (Å²) in [6.07, 6.45) is 4.32. The number of carbonyl (C=O) groups excluding carboxylic acids is 2. The lowest BCUT2D eigenvalue weighted by Crippen LogP contribution is -2.39. The van der Waals surface area contributed by atoms with E-state index in [2.05, 4.69) is 30.7 Å². The van der Waals surface area contributed by atoms with Crippen LogP contribution >= 0.6 is 0 Å². The Hall–Kier alpha value is -3.78. The van der Waals surface area contributed by atoms with Crippen LogP contribution < -0.4 is 15.4 Å². The van der Waals surface area contributed by atoms with Crippen LogP contribution in [0.2, 0.25) is 0 Å². The third kappa shape index (κ3) is 6.04. The standard InChI is InChI=1S/C27H31F4N7O4/c1-41-25-23(36-42-37-25)24(40)35-22(16-4-6-26(28,29)7-5-16)18-13-38-19(33-18)9-17(12-32-38)21(15-2-3-15)34-20(39)8-14-10-27(30,31)11-14/h9,12-16,21-22H,2-8,10-11H2,1H3,(H,34,39)(H,35,40)/t21-,22+/m1/s1. The number of methoxy groups -OCH3 is 1. The smallest absolute Gasteiger partial charge is 0.288 e. The van der Waals surface area contributed by atoms with E-state index in [0.717, 1.165) is 18.4 Å². The summed E-state index contributed by atoms with van der Waals surface area (Å²) in [5, 5.41) is 17.5. The third-order valence-corrected chi connectivity index (χ3v) is 8.48. The van der Waals surface area contributed by atoms with Gasteiger partial charge < -0.3 is 15.4 Å². The second-order valence-electron chi connectivity index (χ2n) is 11.7. The molecule has 3 aliphatic carbocycles. The highest BCUT2D eigenvalue weighted by Gasteiger charge is 2.46. The van der Waals surface area contributed by atoms with Crippen molar-refractivity contribution < 1.29 is 36.5 Å². The van der Waals surface area contributed by atoms with Crippen LogP contribution in [0.25, 0.3) is 5.65 Å². The molecule has 3 aromatic rings. The fourth-order valence-electron chi connectivity index (χ4n) is 6.05. The molecule has 3 aliphatic rings. The number of amides is 2. The molecule has 0 unspecified atom stereocenters. The molecule has 3 aromatic heterocycles. The summed E-state index contributed by atoms with van der Waals surface area (Å²) >= 11 is 0. The fraction of sp³-hybridized carbons (Fsp3) is 0.630. The van der Waals surface area contributed by atoms with E-state index in [0.29, 0.717) is 11.3 Å². The molecule has 2 atom stereocenters. The second-order valence-corrected chi connectivity index (χ2v) is 11.7. The van der Waals surface area contributed by atoms with Crippen LogP contribution in [0.4, 0.5) is 17.6 Å². The zero-order valence-electron chi connectivity index (χ0n) is 22.9. The number of rotatable bonds is 10. The molecule has 3 saturated carbocycles. The number of halogens is 4. The normalized spacial score (nSPS) is 21.8. The molecule has 15 heteroatoms. The number of alkyl halides is 4. The summed E-state index contributed by atoms with van der Waals surface area (Å²) in [6, 6.07) is 0.717. The van der Waals surface area contributed by atoms with Crippen LogP contribution in [-0.4, -0.2) is 55.7 Å². The highest BCUT2D eigenvalue weighted by molar-refractivity contribution is 5.94. The summed E-state index contributed by atoms with van der Waals surface area (Å²) < 4.78 is 65.5. The van der Waals surface area contributed by atoms with Gasteiger partial charge in [-0.2, -0.15) is 5.10 Å². The maximum Gasteiger partial charge on any atom is 0.288 e. The minimum absolute atomic E-state index is 0.0512. The monoisotopic (exact) mass is 593 g/mol. The number of ether oxygens (including phenoxy) is 1. The Bertz CT molecular complexity index is 1460. The van der Waals surface area contributed by atoms with E-state index in [1.54, 1.807) is 18.5 Å². The number of hydrogen-bond donors (Lipinski definition) is 2. The van der Waals surface area contributed by atoms with E-state index >= 15 is 0 Å². The number of aromatic nitrogens is 5.